The van der Waals surface area contributed by atoms with Crippen molar-refractivity contribution in [2.45, 2.75) is 11.8 Å². The van der Waals surface area contributed by atoms with Crippen LogP contribution in [0.4, 0.5) is 11.4 Å². The van der Waals surface area contributed by atoms with E-state index in [-0.39, 0.29) is 18.1 Å². The molecule has 0 radical (unpaired) electrons. The van der Waals surface area contributed by atoms with Crippen LogP contribution in [0.25, 0.3) is 0 Å². The average Bonchev–Trinajstić information content (AvgIpc) is 2.65. The Bertz CT molecular complexity index is 819. The van der Waals surface area contributed by atoms with E-state index in [1.54, 1.807) is 36.4 Å². The molecule has 0 bridgehead atoms. The molecule has 2 rings (SSSR count). The van der Waals surface area contributed by atoms with Gasteiger partial charge in [-0.25, -0.2) is 4.79 Å². The first kappa shape index (κ1) is 20.5. The molecule has 0 aliphatic heterocycles. The largest absolute Gasteiger partial charge is 0.452 e. The number of hydrogen-bond donors (Lipinski definition) is 1. The van der Waals surface area contributed by atoms with Crippen molar-refractivity contribution in [1.29, 1.82) is 0 Å². The fraction of sp³-hybridized carbons (Fsp3) is 0.250. The Morgan fingerprint density at radius 2 is 1.70 bits per heavy atom. The summed E-state index contributed by atoms with van der Waals surface area (Å²) in [7, 11) is 3.86. The minimum absolute atomic E-state index is 0.0165. The molecular weight excluding hydrogens is 364 g/mol. The number of Topliss-reactive ketones (excluding diaryl/α,β-unsaturated/α-hetero) is 1. The highest BCUT2D eigenvalue weighted by Gasteiger charge is 2.15. The van der Waals surface area contributed by atoms with E-state index in [0.717, 1.165) is 5.69 Å². The fourth-order valence-electron chi connectivity index (χ4n) is 2.19. The number of hydrogen-bond acceptors (Lipinski definition) is 6. The minimum atomic E-state index is -0.597. The number of amides is 1. The summed E-state index contributed by atoms with van der Waals surface area (Å²) >= 11 is 1.27. The van der Waals surface area contributed by atoms with Crippen LogP contribution in [0.3, 0.4) is 0 Å². The number of anilines is 2. The van der Waals surface area contributed by atoms with Gasteiger partial charge in [-0.1, -0.05) is 12.1 Å². The van der Waals surface area contributed by atoms with Crippen molar-refractivity contribution >= 4 is 40.8 Å². The van der Waals surface area contributed by atoms with Gasteiger partial charge in [-0.2, -0.15) is 0 Å². The van der Waals surface area contributed by atoms with Crippen molar-refractivity contribution in [3.05, 3.63) is 54.1 Å². The van der Waals surface area contributed by atoms with Crippen LogP contribution in [-0.2, 0) is 14.3 Å². The molecule has 0 saturated heterocycles. The maximum atomic E-state index is 12.3. The zero-order valence-electron chi connectivity index (χ0n) is 15.5. The number of ketones is 1. The molecule has 0 heterocycles. The average molecular weight is 386 g/mol. The van der Waals surface area contributed by atoms with Gasteiger partial charge in [-0.3, -0.25) is 9.59 Å². The van der Waals surface area contributed by atoms with Crippen molar-refractivity contribution in [2.24, 2.45) is 0 Å². The SMILES string of the molecule is CC(=O)CSc1ccccc1C(=O)OCC(=O)Nc1ccc(N(C)C)cc1. The Balaban J connectivity index is 1.91. The van der Waals surface area contributed by atoms with Crippen molar-refractivity contribution in [3.8, 4) is 0 Å². The molecule has 6 nitrogen and oxygen atoms in total. The third-order valence-corrected chi connectivity index (χ3v) is 4.76. The maximum absolute atomic E-state index is 12.3. The van der Waals surface area contributed by atoms with E-state index < -0.39 is 11.9 Å². The first-order chi connectivity index (χ1) is 12.9. The summed E-state index contributed by atoms with van der Waals surface area (Å²) in [6.45, 7) is 1.10. The van der Waals surface area contributed by atoms with Gasteiger partial charge in [-0.05, 0) is 43.3 Å². The summed E-state index contributed by atoms with van der Waals surface area (Å²) in [5.74, 6) is -0.731. The molecule has 142 valence electrons. The monoisotopic (exact) mass is 386 g/mol. The van der Waals surface area contributed by atoms with E-state index in [4.69, 9.17) is 4.74 Å². The molecule has 0 fully saturated rings. The van der Waals surface area contributed by atoms with Gasteiger partial charge < -0.3 is 15.0 Å². The molecule has 0 saturated carbocycles. The predicted octanol–water partition coefficient (Wildman–Crippen LogP) is 3.23. The third-order valence-electron chi connectivity index (χ3n) is 3.54. The third kappa shape index (κ3) is 6.45. The molecule has 0 aliphatic rings. The summed E-state index contributed by atoms with van der Waals surface area (Å²) < 4.78 is 5.11. The van der Waals surface area contributed by atoms with Crippen LogP contribution in [0, 0.1) is 0 Å². The Kier molecular flexibility index (Phi) is 7.43. The highest BCUT2D eigenvalue weighted by Crippen LogP contribution is 2.23. The van der Waals surface area contributed by atoms with Crippen LogP contribution in [0.5, 0.6) is 0 Å². The second kappa shape index (κ2) is 9.78. The lowest BCUT2D eigenvalue weighted by Gasteiger charge is -2.13. The lowest BCUT2D eigenvalue weighted by molar-refractivity contribution is -0.119. The molecule has 1 N–H and O–H groups in total. The van der Waals surface area contributed by atoms with E-state index in [1.807, 2.05) is 31.1 Å². The normalized spacial score (nSPS) is 10.2. The number of carbonyl (C=O) groups is 3. The molecule has 2 aromatic carbocycles. The molecule has 0 spiro atoms. The molecular formula is C20H22N2O4S. The van der Waals surface area contributed by atoms with Crippen molar-refractivity contribution in [3.63, 3.8) is 0 Å². The Morgan fingerprint density at radius 1 is 1.04 bits per heavy atom. The molecule has 0 atom stereocenters. The first-order valence-corrected chi connectivity index (χ1v) is 9.31. The second-order valence-electron chi connectivity index (χ2n) is 6.05. The van der Waals surface area contributed by atoms with Gasteiger partial charge in [0.05, 0.1) is 11.3 Å². The zero-order valence-corrected chi connectivity index (χ0v) is 16.3. The van der Waals surface area contributed by atoms with Crippen LogP contribution in [0.1, 0.15) is 17.3 Å². The Morgan fingerprint density at radius 3 is 2.33 bits per heavy atom. The Labute approximate surface area is 162 Å². The molecule has 0 aromatic heterocycles. The number of rotatable bonds is 8. The molecule has 1 amide bonds. The highest BCUT2D eigenvalue weighted by atomic mass is 32.2. The maximum Gasteiger partial charge on any atom is 0.339 e. The van der Waals surface area contributed by atoms with Gasteiger partial charge in [0, 0.05) is 30.4 Å². The molecule has 2 aromatic rings. The number of benzene rings is 2. The van der Waals surface area contributed by atoms with Crippen molar-refractivity contribution in [2.75, 3.05) is 36.7 Å². The standard InChI is InChI=1S/C20H22N2O4S/c1-14(23)13-27-18-7-5-4-6-17(18)20(25)26-12-19(24)21-15-8-10-16(11-9-15)22(2)3/h4-11H,12-13H2,1-3H3,(H,21,24). The summed E-state index contributed by atoms with van der Waals surface area (Å²) in [6.07, 6.45) is 0. The van der Waals surface area contributed by atoms with E-state index in [0.29, 0.717) is 16.1 Å². The zero-order chi connectivity index (χ0) is 19.8. The summed E-state index contributed by atoms with van der Waals surface area (Å²) in [5.41, 5.74) is 1.98. The molecule has 0 unspecified atom stereocenters. The van der Waals surface area contributed by atoms with Crippen LogP contribution < -0.4 is 10.2 Å². The van der Waals surface area contributed by atoms with Crippen molar-refractivity contribution < 1.29 is 19.1 Å². The highest BCUT2D eigenvalue weighted by molar-refractivity contribution is 8.00. The number of ether oxygens (including phenoxy) is 1. The second-order valence-corrected chi connectivity index (χ2v) is 7.07. The van der Waals surface area contributed by atoms with E-state index in [9.17, 15) is 14.4 Å². The number of esters is 1. The van der Waals surface area contributed by atoms with Crippen LogP contribution in [0.2, 0.25) is 0 Å². The van der Waals surface area contributed by atoms with E-state index >= 15 is 0 Å². The number of nitrogens with zero attached hydrogens (tertiary/aromatic N) is 1. The number of thioether (sulfide) groups is 1. The molecule has 0 aliphatic carbocycles. The van der Waals surface area contributed by atoms with E-state index in [1.165, 1.54) is 18.7 Å². The van der Waals surface area contributed by atoms with Gasteiger partial charge in [0.15, 0.2) is 6.61 Å². The van der Waals surface area contributed by atoms with Gasteiger partial charge in [0.2, 0.25) is 0 Å². The number of nitrogens with one attached hydrogen (secondary N) is 1. The molecule has 27 heavy (non-hydrogen) atoms. The fourth-order valence-corrected chi connectivity index (χ4v) is 3.03. The van der Waals surface area contributed by atoms with E-state index in [2.05, 4.69) is 5.32 Å². The van der Waals surface area contributed by atoms with Gasteiger partial charge in [-0.15, -0.1) is 11.8 Å². The van der Waals surface area contributed by atoms with Crippen molar-refractivity contribution in [1.82, 2.24) is 0 Å². The lowest BCUT2D eigenvalue weighted by Crippen LogP contribution is -2.21. The molecule has 7 heteroatoms. The smallest absolute Gasteiger partial charge is 0.339 e. The summed E-state index contributed by atoms with van der Waals surface area (Å²) in [6, 6.07) is 14.2. The van der Waals surface area contributed by atoms with Crippen LogP contribution in [0.15, 0.2) is 53.4 Å². The van der Waals surface area contributed by atoms with Crippen LogP contribution >= 0.6 is 11.8 Å². The quantitative estimate of drug-likeness (QED) is 0.555. The Hall–Kier alpha value is -2.80. The lowest BCUT2D eigenvalue weighted by atomic mass is 10.2. The summed E-state index contributed by atoms with van der Waals surface area (Å²) in [5, 5.41) is 2.69. The number of carbonyl (C=O) groups excluding carboxylic acids is 3. The first-order valence-electron chi connectivity index (χ1n) is 8.32. The van der Waals surface area contributed by atoms with Gasteiger partial charge >= 0.3 is 5.97 Å². The van der Waals surface area contributed by atoms with Gasteiger partial charge in [0.1, 0.15) is 5.78 Å². The minimum Gasteiger partial charge on any atom is -0.452 e. The predicted molar refractivity (Wildman–Crippen MR) is 108 cm³/mol. The van der Waals surface area contributed by atoms with Gasteiger partial charge in [0.25, 0.3) is 5.91 Å². The summed E-state index contributed by atoms with van der Waals surface area (Å²) in [4.78, 5) is 38.1. The van der Waals surface area contributed by atoms with Crippen LogP contribution in [-0.4, -0.2) is 44.1 Å². The topological polar surface area (TPSA) is 75.7 Å².